The van der Waals surface area contributed by atoms with Gasteiger partial charge in [0, 0.05) is 11.6 Å². The minimum atomic E-state index is 0.658. The summed E-state index contributed by atoms with van der Waals surface area (Å²) in [5, 5.41) is 4.87. The maximum absolute atomic E-state index is 5.84. The normalized spacial score (nSPS) is 17.1. The Morgan fingerprint density at radius 1 is 1.28 bits per heavy atom. The van der Waals surface area contributed by atoms with Crippen molar-refractivity contribution in [2.24, 2.45) is 5.16 Å². The molecular formula is C14H19ClN2O. The zero-order chi connectivity index (χ0) is 12.8. The Morgan fingerprint density at radius 2 is 1.94 bits per heavy atom. The third-order valence-corrected chi connectivity index (χ3v) is 3.41. The Balaban J connectivity index is 1.76. The summed E-state index contributed by atoms with van der Waals surface area (Å²) in [5.41, 5.74) is 1.92. The van der Waals surface area contributed by atoms with Crippen molar-refractivity contribution in [3.63, 3.8) is 0 Å². The molecule has 0 unspecified atom stereocenters. The largest absolute Gasteiger partial charge is 0.394 e. The van der Waals surface area contributed by atoms with E-state index in [1.54, 1.807) is 0 Å². The van der Waals surface area contributed by atoms with E-state index in [1.807, 2.05) is 31.2 Å². The summed E-state index contributed by atoms with van der Waals surface area (Å²) in [4.78, 5) is 7.77. The molecule has 0 saturated carbocycles. The van der Waals surface area contributed by atoms with Crippen LogP contribution >= 0.6 is 11.6 Å². The van der Waals surface area contributed by atoms with Crippen LogP contribution in [-0.4, -0.2) is 36.9 Å². The van der Waals surface area contributed by atoms with Crippen LogP contribution in [0, 0.1) is 0 Å². The van der Waals surface area contributed by atoms with Crippen LogP contribution in [0.15, 0.2) is 29.4 Å². The van der Waals surface area contributed by atoms with Crippen molar-refractivity contribution in [2.75, 3.05) is 26.2 Å². The second-order valence-electron chi connectivity index (χ2n) is 4.57. The molecule has 0 bridgehead atoms. The van der Waals surface area contributed by atoms with Gasteiger partial charge in [0.05, 0.1) is 5.71 Å². The van der Waals surface area contributed by atoms with E-state index in [-0.39, 0.29) is 0 Å². The van der Waals surface area contributed by atoms with Crippen molar-refractivity contribution < 1.29 is 4.84 Å². The molecule has 0 aliphatic carbocycles. The predicted molar refractivity (Wildman–Crippen MR) is 75.3 cm³/mol. The van der Waals surface area contributed by atoms with E-state index >= 15 is 0 Å². The number of rotatable bonds is 5. The van der Waals surface area contributed by atoms with E-state index in [1.165, 1.54) is 25.9 Å². The summed E-state index contributed by atoms with van der Waals surface area (Å²) in [6.45, 7) is 5.97. The van der Waals surface area contributed by atoms with E-state index in [0.717, 1.165) is 22.8 Å². The maximum Gasteiger partial charge on any atom is 0.129 e. The molecule has 1 aliphatic rings. The number of hydrogen-bond acceptors (Lipinski definition) is 3. The zero-order valence-electron chi connectivity index (χ0n) is 10.7. The molecule has 3 nitrogen and oxygen atoms in total. The molecule has 2 rings (SSSR count). The van der Waals surface area contributed by atoms with Crippen LogP contribution < -0.4 is 0 Å². The average molecular weight is 267 g/mol. The number of hydrogen-bond donors (Lipinski definition) is 0. The molecule has 0 N–H and O–H groups in total. The van der Waals surface area contributed by atoms with Crippen molar-refractivity contribution in [1.82, 2.24) is 4.90 Å². The average Bonchev–Trinajstić information content (AvgIpc) is 2.88. The molecule has 0 amide bonds. The van der Waals surface area contributed by atoms with Gasteiger partial charge in [0.25, 0.3) is 0 Å². The molecule has 1 heterocycles. The van der Waals surface area contributed by atoms with E-state index < -0.39 is 0 Å². The molecule has 1 aliphatic heterocycles. The fourth-order valence-corrected chi connectivity index (χ4v) is 2.19. The molecule has 0 aromatic heterocycles. The SMILES string of the molecule is C/C(=N\OCCN1CCCC1)c1ccc(Cl)cc1. The summed E-state index contributed by atoms with van der Waals surface area (Å²) in [6, 6.07) is 7.62. The number of halogens is 1. The molecule has 4 heteroatoms. The Bertz CT molecular complexity index is 397. The minimum Gasteiger partial charge on any atom is -0.394 e. The first kappa shape index (κ1) is 13.4. The monoisotopic (exact) mass is 266 g/mol. The first-order valence-electron chi connectivity index (χ1n) is 6.40. The number of benzene rings is 1. The Morgan fingerprint density at radius 3 is 2.61 bits per heavy atom. The van der Waals surface area contributed by atoms with Gasteiger partial charge in [0.2, 0.25) is 0 Å². The van der Waals surface area contributed by atoms with Crippen LogP contribution in [0.1, 0.15) is 25.3 Å². The first-order valence-corrected chi connectivity index (χ1v) is 6.78. The highest BCUT2D eigenvalue weighted by Gasteiger charge is 2.10. The van der Waals surface area contributed by atoms with E-state index in [0.29, 0.717) is 6.61 Å². The summed E-state index contributed by atoms with van der Waals surface area (Å²) in [6.07, 6.45) is 2.63. The summed E-state index contributed by atoms with van der Waals surface area (Å²) in [5.74, 6) is 0. The molecule has 18 heavy (non-hydrogen) atoms. The Hall–Kier alpha value is -1.06. The molecule has 1 aromatic carbocycles. The predicted octanol–water partition coefficient (Wildman–Crippen LogP) is 3.18. The van der Waals surface area contributed by atoms with Crippen LogP contribution in [0.3, 0.4) is 0 Å². The Labute approximate surface area is 113 Å². The topological polar surface area (TPSA) is 24.8 Å². The fourth-order valence-electron chi connectivity index (χ4n) is 2.06. The van der Waals surface area contributed by atoms with Gasteiger partial charge in [-0.3, -0.25) is 4.90 Å². The van der Waals surface area contributed by atoms with E-state index in [2.05, 4.69) is 10.1 Å². The van der Waals surface area contributed by atoms with Gasteiger partial charge in [-0.05, 0) is 50.6 Å². The lowest BCUT2D eigenvalue weighted by Crippen LogP contribution is -2.23. The third-order valence-electron chi connectivity index (χ3n) is 3.16. The standard InChI is InChI=1S/C14H19ClN2O/c1-12(13-4-6-14(15)7-5-13)16-18-11-10-17-8-2-3-9-17/h4-7H,2-3,8-11H2,1H3/b16-12+. The molecule has 0 radical (unpaired) electrons. The number of nitrogens with zero attached hydrogens (tertiary/aromatic N) is 2. The van der Waals surface area contributed by atoms with Gasteiger partial charge in [0.15, 0.2) is 0 Å². The van der Waals surface area contributed by atoms with E-state index in [9.17, 15) is 0 Å². The maximum atomic E-state index is 5.84. The lowest BCUT2D eigenvalue weighted by atomic mass is 10.1. The van der Waals surface area contributed by atoms with Crippen molar-refractivity contribution >= 4 is 17.3 Å². The zero-order valence-corrected chi connectivity index (χ0v) is 11.5. The van der Waals surface area contributed by atoms with Crippen LogP contribution in [0.25, 0.3) is 0 Å². The van der Waals surface area contributed by atoms with Crippen LogP contribution in [-0.2, 0) is 4.84 Å². The lowest BCUT2D eigenvalue weighted by molar-refractivity contribution is 0.119. The molecule has 0 spiro atoms. The van der Waals surface area contributed by atoms with Crippen molar-refractivity contribution in [1.29, 1.82) is 0 Å². The van der Waals surface area contributed by atoms with Crippen LogP contribution in [0.2, 0.25) is 5.02 Å². The smallest absolute Gasteiger partial charge is 0.129 e. The molecule has 98 valence electrons. The van der Waals surface area contributed by atoms with Gasteiger partial charge >= 0.3 is 0 Å². The highest BCUT2D eigenvalue weighted by atomic mass is 35.5. The number of likely N-dealkylation sites (tertiary alicyclic amines) is 1. The van der Waals surface area contributed by atoms with Gasteiger partial charge in [-0.15, -0.1) is 0 Å². The lowest BCUT2D eigenvalue weighted by Gasteiger charge is -2.12. The van der Waals surface area contributed by atoms with Crippen molar-refractivity contribution in [3.8, 4) is 0 Å². The first-order chi connectivity index (χ1) is 8.75. The summed E-state index contributed by atoms with van der Waals surface area (Å²) >= 11 is 5.84. The highest BCUT2D eigenvalue weighted by Crippen LogP contribution is 2.10. The fraction of sp³-hybridized carbons (Fsp3) is 0.500. The second-order valence-corrected chi connectivity index (χ2v) is 5.00. The summed E-state index contributed by atoms with van der Waals surface area (Å²) < 4.78 is 0. The van der Waals surface area contributed by atoms with Gasteiger partial charge in [-0.1, -0.05) is 28.9 Å². The number of oxime groups is 1. The Kier molecular flexibility index (Phi) is 5.02. The third kappa shape index (κ3) is 4.00. The molecule has 1 fully saturated rings. The van der Waals surface area contributed by atoms with Crippen molar-refractivity contribution in [3.05, 3.63) is 34.9 Å². The molecule has 1 aromatic rings. The molecular weight excluding hydrogens is 248 g/mol. The quantitative estimate of drug-likeness (QED) is 0.465. The van der Waals surface area contributed by atoms with Gasteiger partial charge in [-0.2, -0.15) is 0 Å². The van der Waals surface area contributed by atoms with Crippen LogP contribution in [0.5, 0.6) is 0 Å². The molecule has 1 saturated heterocycles. The summed E-state index contributed by atoms with van der Waals surface area (Å²) in [7, 11) is 0. The minimum absolute atomic E-state index is 0.658. The van der Waals surface area contributed by atoms with Gasteiger partial charge in [-0.25, -0.2) is 0 Å². The highest BCUT2D eigenvalue weighted by molar-refractivity contribution is 6.30. The second kappa shape index (κ2) is 6.76. The van der Waals surface area contributed by atoms with Gasteiger partial charge < -0.3 is 4.84 Å². The van der Waals surface area contributed by atoms with E-state index in [4.69, 9.17) is 16.4 Å². The molecule has 0 atom stereocenters. The van der Waals surface area contributed by atoms with Crippen LogP contribution in [0.4, 0.5) is 0 Å². The van der Waals surface area contributed by atoms with Crippen molar-refractivity contribution in [2.45, 2.75) is 19.8 Å². The van der Waals surface area contributed by atoms with Gasteiger partial charge in [0.1, 0.15) is 6.61 Å².